The number of hydrogen-bond donors (Lipinski definition) is 0. The van der Waals surface area contributed by atoms with Crippen molar-refractivity contribution in [3.05, 3.63) is 0 Å². The fourth-order valence-electron chi connectivity index (χ4n) is 10.7. The SMILES string of the molecule is CC#CC1(C)CC[C@@]2(C)[C@@H](C1)CC(C)(C)[C@@H]1[C@@H]2CC(C)(C)[C@]2(C)C(C(C)CC[C-]=O)CC[C@@H]12.[K+]. The van der Waals surface area contributed by atoms with E-state index in [1.807, 2.05) is 6.92 Å². The van der Waals surface area contributed by atoms with Crippen LogP contribution >= 0.6 is 0 Å². The summed E-state index contributed by atoms with van der Waals surface area (Å²) in [6.45, 7) is 22.7. The molecule has 0 bridgehead atoms. The standard InChI is InChI=1S/C32H51O.K/c1-10-15-30(7)16-17-31(8)23(20-30)19-28(3,4)27-25-14-13-24(22(2)12-11-18-33)32(25,9)29(5,6)21-26(27)31;/h22-27H,11-14,16-17,19-21H2,1-9H3;/q-1;+1/t22?,23-,24?,25+,26+,27+,30?,31+,32-;/m1./s1. The van der Waals surface area contributed by atoms with Crippen LogP contribution in [0.1, 0.15) is 120 Å². The molecule has 4 aliphatic carbocycles. The molecule has 0 heterocycles. The van der Waals surface area contributed by atoms with Crippen LogP contribution in [-0.2, 0) is 4.79 Å². The normalized spacial score (nSPS) is 47.0. The molecular weight excluding hydrogens is 439 g/mol. The summed E-state index contributed by atoms with van der Waals surface area (Å²) in [6.07, 6.45) is 13.2. The minimum atomic E-state index is 0. The molecule has 3 unspecified atom stereocenters. The first-order valence-electron chi connectivity index (χ1n) is 14.0. The van der Waals surface area contributed by atoms with Gasteiger partial charge in [0.15, 0.2) is 0 Å². The van der Waals surface area contributed by atoms with E-state index >= 15 is 0 Å². The number of carbonyl (C=O) groups excluding carboxylic acids is 1. The topological polar surface area (TPSA) is 17.1 Å². The summed E-state index contributed by atoms with van der Waals surface area (Å²) in [5, 5.41) is 0. The van der Waals surface area contributed by atoms with Gasteiger partial charge in [-0.1, -0.05) is 60.8 Å². The third-order valence-electron chi connectivity index (χ3n) is 12.6. The van der Waals surface area contributed by atoms with Crippen LogP contribution in [0.15, 0.2) is 0 Å². The minimum absolute atomic E-state index is 0. The zero-order chi connectivity index (χ0) is 24.4. The molecular formula is C32H51KO. The Morgan fingerprint density at radius 1 is 0.941 bits per heavy atom. The van der Waals surface area contributed by atoms with Gasteiger partial charge in [0.2, 0.25) is 0 Å². The Labute approximate surface area is 254 Å². The summed E-state index contributed by atoms with van der Waals surface area (Å²) >= 11 is 0. The smallest absolute Gasteiger partial charge is 0.542 e. The molecule has 9 atom stereocenters. The Morgan fingerprint density at radius 2 is 1.62 bits per heavy atom. The van der Waals surface area contributed by atoms with E-state index < -0.39 is 0 Å². The van der Waals surface area contributed by atoms with Crippen LogP contribution in [-0.4, -0.2) is 6.29 Å². The van der Waals surface area contributed by atoms with E-state index in [1.165, 1.54) is 44.9 Å². The van der Waals surface area contributed by atoms with Gasteiger partial charge in [-0.2, -0.15) is 6.42 Å². The van der Waals surface area contributed by atoms with Crippen molar-refractivity contribution in [2.75, 3.05) is 0 Å². The van der Waals surface area contributed by atoms with Gasteiger partial charge in [-0.25, -0.2) is 0 Å². The van der Waals surface area contributed by atoms with Crippen molar-refractivity contribution in [2.24, 2.45) is 62.6 Å². The Bertz CT molecular complexity index is 832. The van der Waals surface area contributed by atoms with E-state index in [0.29, 0.717) is 34.0 Å². The third kappa shape index (κ3) is 4.42. The fourth-order valence-corrected chi connectivity index (χ4v) is 10.7. The summed E-state index contributed by atoms with van der Waals surface area (Å²) in [6, 6.07) is 0. The zero-order valence-corrected chi connectivity index (χ0v) is 27.4. The summed E-state index contributed by atoms with van der Waals surface area (Å²) in [7, 11) is 0. The van der Waals surface area contributed by atoms with Crippen LogP contribution in [0.4, 0.5) is 0 Å². The van der Waals surface area contributed by atoms with E-state index in [0.717, 1.165) is 36.0 Å². The molecule has 4 rings (SSSR count). The van der Waals surface area contributed by atoms with Gasteiger partial charge in [0.1, 0.15) is 0 Å². The molecule has 2 heteroatoms. The predicted octanol–water partition coefficient (Wildman–Crippen LogP) is 5.48. The minimum Gasteiger partial charge on any atom is -0.542 e. The predicted molar refractivity (Wildman–Crippen MR) is 139 cm³/mol. The van der Waals surface area contributed by atoms with Crippen molar-refractivity contribution < 1.29 is 56.2 Å². The molecule has 0 spiro atoms. The van der Waals surface area contributed by atoms with Crippen molar-refractivity contribution >= 4 is 6.29 Å². The average molecular weight is 491 g/mol. The molecule has 0 amide bonds. The number of hydrogen-bond acceptors (Lipinski definition) is 1. The second-order valence-electron chi connectivity index (χ2n) is 15.0. The van der Waals surface area contributed by atoms with Crippen molar-refractivity contribution in [3.63, 3.8) is 0 Å². The molecule has 0 aromatic heterocycles. The summed E-state index contributed by atoms with van der Waals surface area (Å²) < 4.78 is 0. The van der Waals surface area contributed by atoms with Crippen molar-refractivity contribution in [1.29, 1.82) is 0 Å². The molecule has 0 aromatic rings. The average Bonchev–Trinajstić information content (AvgIpc) is 3.07. The first-order chi connectivity index (χ1) is 15.3. The molecule has 0 radical (unpaired) electrons. The molecule has 1 nitrogen and oxygen atoms in total. The second kappa shape index (κ2) is 9.87. The summed E-state index contributed by atoms with van der Waals surface area (Å²) in [5.74, 6) is 11.5. The fraction of sp³-hybridized carbons (Fsp3) is 0.906. The number of rotatable bonds is 4. The van der Waals surface area contributed by atoms with Crippen LogP contribution in [0.2, 0.25) is 0 Å². The van der Waals surface area contributed by atoms with Gasteiger partial charge in [-0.3, -0.25) is 6.29 Å². The third-order valence-corrected chi connectivity index (χ3v) is 12.6. The van der Waals surface area contributed by atoms with Gasteiger partial charge in [-0.15, -0.1) is 5.92 Å². The van der Waals surface area contributed by atoms with Gasteiger partial charge < -0.3 is 4.79 Å². The zero-order valence-electron chi connectivity index (χ0n) is 24.2. The first-order valence-corrected chi connectivity index (χ1v) is 14.0. The molecule has 34 heavy (non-hydrogen) atoms. The molecule has 4 saturated carbocycles. The van der Waals surface area contributed by atoms with E-state index in [2.05, 4.69) is 73.5 Å². The molecule has 0 aromatic carbocycles. The van der Waals surface area contributed by atoms with Gasteiger partial charge >= 0.3 is 51.4 Å². The van der Waals surface area contributed by atoms with Crippen LogP contribution in [0.25, 0.3) is 0 Å². The van der Waals surface area contributed by atoms with E-state index in [1.54, 1.807) is 0 Å². The summed E-state index contributed by atoms with van der Waals surface area (Å²) in [5.41, 5.74) is 1.77. The van der Waals surface area contributed by atoms with Gasteiger partial charge in [-0.05, 0) is 116 Å². The first kappa shape index (κ1) is 29.4. The number of fused-ring (bicyclic) bond motifs is 5. The van der Waals surface area contributed by atoms with Gasteiger partial charge in [0.25, 0.3) is 0 Å². The molecule has 0 saturated heterocycles. The van der Waals surface area contributed by atoms with E-state index in [-0.39, 0.29) is 56.8 Å². The molecule has 0 N–H and O–H groups in total. The Kier molecular flexibility index (Phi) is 8.55. The molecule has 4 aliphatic rings. The van der Waals surface area contributed by atoms with Crippen molar-refractivity contribution in [1.82, 2.24) is 0 Å². The summed E-state index contributed by atoms with van der Waals surface area (Å²) in [4.78, 5) is 11.0. The van der Waals surface area contributed by atoms with Crippen LogP contribution < -0.4 is 51.4 Å². The Balaban J connectivity index is 0.00000324. The van der Waals surface area contributed by atoms with E-state index in [4.69, 9.17) is 0 Å². The van der Waals surface area contributed by atoms with Crippen LogP contribution in [0.5, 0.6) is 0 Å². The van der Waals surface area contributed by atoms with Gasteiger partial charge in [0, 0.05) is 5.41 Å². The largest absolute Gasteiger partial charge is 1.00 e. The Morgan fingerprint density at radius 3 is 2.24 bits per heavy atom. The molecule has 0 aliphatic heterocycles. The Hall–Kier alpha value is 0.866. The maximum Gasteiger partial charge on any atom is 1.00 e. The van der Waals surface area contributed by atoms with Crippen LogP contribution in [0.3, 0.4) is 0 Å². The second-order valence-corrected chi connectivity index (χ2v) is 15.0. The van der Waals surface area contributed by atoms with E-state index in [9.17, 15) is 4.79 Å². The maximum atomic E-state index is 11.0. The molecule has 4 fully saturated rings. The maximum absolute atomic E-state index is 11.0. The van der Waals surface area contributed by atoms with Crippen molar-refractivity contribution in [3.8, 4) is 11.8 Å². The molecule has 186 valence electrons. The van der Waals surface area contributed by atoms with Crippen molar-refractivity contribution in [2.45, 2.75) is 120 Å². The van der Waals surface area contributed by atoms with Gasteiger partial charge in [0.05, 0.1) is 0 Å². The monoisotopic (exact) mass is 490 g/mol. The van der Waals surface area contributed by atoms with Crippen LogP contribution in [0, 0.1) is 74.4 Å². The quantitative estimate of drug-likeness (QED) is 0.290.